The summed E-state index contributed by atoms with van der Waals surface area (Å²) in [5.41, 5.74) is 0.0667. The third-order valence-corrected chi connectivity index (χ3v) is 7.77. The van der Waals surface area contributed by atoms with Crippen molar-refractivity contribution in [2.45, 2.75) is 76.6 Å². The SMILES string of the molecule is C.CCC[C@H](NC(=O)[C@@H]1C[C@]2(CC(c3cccc(Cl)c3)=NO2)CN1C(=O)Oc1ccc([N+](=O)[O-])cc1)C(=O)C(=O)NC1CC1. The van der Waals surface area contributed by atoms with Crippen LogP contribution in [-0.2, 0) is 19.2 Å². The molecule has 1 aliphatic carbocycles. The van der Waals surface area contributed by atoms with E-state index in [1.165, 1.54) is 29.2 Å². The van der Waals surface area contributed by atoms with Crippen LogP contribution < -0.4 is 15.4 Å². The predicted octanol–water partition coefficient (Wildman–Crippen LogP) is 4.15. The minimum atomic E-state index is -1.13. The molecule has 2 fully saturated rings. The first-order chi connectivity index (χ1) is 20.6. The number of benzene rings is 2. The van der Waals surface area contributed by atoms with Gasteiger partial charge in [-0.15, -0.1) is 0 Å². The Bertz CT molecular complexity index is 1480. The summed E-state index contributed by atoms with van der Waals surface area (Å²) in [7, 11) is 0. The first kappa shape index (κ1) is 32.4. The van der Waals surface area contributed by atoms with Crippen molar-refractivity contribution in [2.75, 3.05) is 6.54 Å². The van der Waals surface area contributed by atoms with Crippen LogP contribution in [0.1, 0.15) is 58.4 Å². The van der Waals surface area contributed by atoms with Crippen molar-refractivity contribution in [2.24, 2.45) is 5.16 Å². The minimum Gasteiger partial charge on any atom is -0.410 e. The maximum Gasteiger partial charge on any atom is 0.416 e. The van der Waals surface area contributed by atoms with Crippen LogP contribution in [0.3, 0.4) is 0 Å². The molecule has 1 saturated carbocycles. The zero-order valence-electron chi connectivity index (χ0n) is 23.3. The third kappa shape index (κ3) is 7.33. The van der Waals surface area contributed by atoms with E-state index in [1.54, 1.807) is 18.2 Å². The number of halogens is 1. The van der Waals surface area contributed by atoms with Crippen LogP contribution >= 0.6 is 11.6 Å². The van der Waals surface area contributed by atoms with Gasteiger partial charge in [0.05, 0.1) is 23.2 Å². The molecule has 0 bridgehead atoms. The normalized spacial score (nSPS) is 21.0. The summed E-state index contributed by atoms with van der Waals surface area (Å²) in [5, 5.41) is 21.1. The lowest BCUT2D eigenvalue weighted by Gasteiger charge is -2.25. The highest BCUT2D eigenvalue weighted by Crippen LogP contribution is 2.39. The van der Waals surface area contributed by atoms with Gasteiger partial charge in [0, 0.05) is 41.6 Å². The number of non-ortho nitro benzene ring substituents is 1. The van der Waals surface area contributed by atoms with E-state index in [4.69, 9.17) is 21.2 Å². The van der Waals surface area contributed by atoms with Crippen LogP contribution in [0, 0.1) is 10.1 Å². The summed E-state index contributed by atoms with van der Waals surface area (Å²) in [6.07, 6.45) is 1.76. The van der Waals surface area contributed by atoms with Gasteiger partial charge in [-0.3, -0.25) is 29.4 Å². The van der Waals surface area contributed by atoms with Crippen molar-refractivity contribution < 1.29 is 33.7 Å². The number of amides is 3. The van der Waals surface area contributed by atoms with Crippen LogP contribution in [0.2, 0.25) is 5.02 Å². The highest BCUT2D eigenvalue weighted by Gasteiger charge is 2.54. The maximum atomic E-state index is 13.7. The van der Waals surface area contributed by atoms with E-state index >= 15 is 0 Å². The molecule has 3 atom stereocenters. The lowest BCUT2D eigenvalue weighted by Crippen LogP contribution is -2.53. The van der Waals surface area contributed by atoms with Crippen LogP contribution in [0.25, 0.3) is 0 Å². The van der Waals surface area contributed by atoms with Gasteiger partial charge < -0.3 is 20.2 Å². The smallest absolute Gasteiger partial charge is 0.410 e. The second-order valence-electron chi connectivity index (χ2n) is 10.9. The van der Waals surface area contributed by atoms with Gasteiger partial charge in [0.2, 0.25) is 11.7 Å². The van der Waals surface area contributed by atoms with E-state index < -0.39 is 46.3 Å². The Morgan fingerprint density at radius 3 is 2.57 bits per heavy atom. The van der Waals surface area contributed by atoms with Gasteiger partial charge >= 0.3 is 6.09 Å². The molecule has 0 unspecified atom stereocenters. The lowest BCUT2D eigenvalue weighted by atomic mass is 9.91. The monoisotopic (exact) mass is 627 g/mol. The number of carbonyl (C=O) groups excluding carboxylic acids is 4. The molecule has 0 aromatic heterocycles. The molecule has 3 amide bonds. The van der Waals surface area contributed by atoms with E-state index in [0.29, 0.717) is 17.2 Å². The van der Waals surface area contributed by atoms with Crippen molar-refractivity contribution in [1.29, 1.82) is 0 Å². The molecule has 13 nitrogen and oxygen atoms in total. The second-order valence-corrected chi connectivity index (χ2v) is 11.4. The molecule has 2 aromatic carbocycles. The number of nitrogens with one attached hydrogen (secondary N) is 2. The number of ketones is 1. The van der Waals surface area contributed by atoms with Gasteiger partial charge in [0.25, 0.3) is 11.6 Å². The number of nitro groups is 1. The van der Waals surface area contributed by atoms with E-state index in [1.807, 2.05) is 13.0 Å². The minimum absolute atomic E-state index is 0. The molecular formula is C30H34ClN5O8. The molecule has 234 valence electrons. The zero-order chi connectivity index (χ0) is 30.7. The van der Waals surface area contributed by atoms with E-state index in [9.17, 15) is 29.3 Å². The van der Waals surface area contributed by atoms with Crippen LogP contribution in [-0.4, -0.2) is 69.5 Å². The molecule has 14 heteroatoms. The Morgan fingerprint density at radius 1 is 1.20 bits per heavy atom. The van der Waals surface area contributed by atoms with E-state index in [2.05, 4.69) is 15.8 Å². The predicted molar refractivity (Wildman–Crippen MR) is 160 cm³/mol. The fraction of sp³-hybridized carbons (Fsp3) is 0.433. The number of rotatable bonds is 10. The first-order valence-electron chi connectivity index (χ1n) is 14.0. The number of hydrogen-bond donors (Lipinski definition) is 2. The van der Waals surface area contributed by atoms with Crippen molar-refractivity contribution >= 4 is 46.7 Å². The van der Waals surface area contributed by atoms with Gasteiger partial charge in [-0.2, -0.15) is 0 Å². The topological polar surface area (TPSA) is 170 Å². The van der Waals surface area contributed by atoms with Crippen LogP contribution in [0.4, 0.5) is 10.5 Å². The Morgan fingerprint density at radius 2 is 1.93 bits per heavy atom. The fourth-order valence-corrected chi connectivity index (χ4v) is 5.37. The highest BCUT2D eigenvalue weighted by atomic mass is 35.5. The quantitative estimate of drug-likeness (QED) is 0.225. The zero-order valence-corrected chi connectivity index (χ0v) is 24.0. The lowest BCUT2D eigenvalue weighted by molar-refractivity contribution is -0.384. The summed E-state index contributed by atoms with van der Waals surface area (Å²) in [6, 6.07) is 9.75. The van der Waals surface area contributed by atoms with Crippen LogP contribution in [0.15, 0.2) is 53.7 Å². The molecule has 2 heterocycles. The van der Waals surface area contributed by atoms with Gasteiger partial charge in [-0.05, 0) is 43.5 Å². The highest BCUT2D eigenvalue weighted by molar-refractivity contribution is 6.38. The molecular weight excluding hydrogens is 594 g/mol. The van der Waals surface area contributed by atoms with Gasteiger partial charge in [0.15, 0.2) is 5.60 Å². The van der Waals surface area contributed by atoms with Crippen molar-refractivity contribution in [3.8, 4) is 5.75 Å². The Kier molecular flexibility index (Phi) is 9.88. The number of Topliss-reactive ketones (excluding diaryl/α,β-unsaturated/α-hetero) is 1. The molecule has 44 heavy (non-hydrogen) atoms. The Labute approximate surface area is 259 Å². The van der Waals surface area contributed by atoms with Crippen molar-refractivity contribution in [3.05, 3.63) is 69.2 Å². The van der Waals surface area contributed by atoms with Gasteiger partial charge in [-0.1, -0.05) is 49.7 Å². The Hall–Kier alpha value is -4.52. The van der Waals surface area contributed by atoms with Crippen molar-refractivity contribution in [3.63, 3.8) is 0 Å². The first-order valence-corrected chi connectivity index (χ1v) is 14.3. The summed E-state index contributed by atoms with van der Waals surface area (Å²) in [5.74, 6) is -2.12. The molecule has 2 aliphatic heterocycles. The van der Waals surface area contributed by atoms with Gasteiger partial charge in [-0.25, -0.2) is 4.79 Å². The van der Waals surface area contributed by atoms with Crippen LogP contribution in [0.5, 0.6) is 5.75 Å². The maximum absolute atomic E-state index is 13.7. The summed E-state index contributed by atoms with van der Waals surface area (Å²) < 4.78 is 5.48. The van der Waals surface area contributed by atoms with Crippen molar-refractivity contribution in [1.82, 2.24) is 15.5 Å². The molecule has 2 N–H and O–H groups in total. The largest absolute Gasteiger partial charge is 0.416 e. The average Bonchev–Trinajstić information content (AvgIpc) is 3.57. The number of carbonyl (C=O) groups is 4. The van der Waals surface area contributed by atoms with E-state index in [0.717, 1.165) is 18.4 Å². The molecule has 1 saturated heterocycles. The molecule has 1 spiro atoms. The second kappa shape index (κ2) is 13.4. The number of ether oxygens (including phenoxy) is 1. The Balaban J connectivity index is 0.00000442. The number of nitro benzene ring substituents is 1. The summed E-state index contributed by atoms with van der Waals surface area (Å²) >= 11 is 6.15. The third-order valence-electron chi connectivity index (χ3n) is 7.53. The van der Waals surface area contributed by atoms with E-state index in [-0.39, 0.29) is 50.7 Å². The number of hydrogen-bond acceptors (Lipinski definition) is 9. The molecule has 5 rings (SSSR count). The summed E-state index contributed by atoms with van der Waals surface area (Å²) in [6.45, 7) is 1.75. The number of oxime groups is 1. The molecule has 2 aromatic rings. The molecule has 3 aliphatic rings. The average molecular weight is 628 g/mol. The summed E-state index contributed by atoms with van der Waals surface area (Å²) in [4.78, 5) is 70.0. The number of likely N-dealkylation sites (tertiary alicyclic amines) is 1. The number of nitrogens with zero attached hydrogens (tertiary/aromatic N) is 3. The standard InChI is InChI=1S/C29H30ClN5O8.CH4/c1-2-4-22(25(36)27(38)31-19-7-8-19)32-26(37)24-15-29(14-23(33-43-29)17-5-3-6-18(30)13-17)16-34(24)28(39)42-21-11-9-20(10-12-21)35(40)41;/h3,5-6,9-13,19,22,24H,2,4,7-8,14-16H2,1H3,(H,31,38)(H,32,37);1H4/t22-,24-,29+;/m0./s1. The van der Waals surface area contributed by atoms with Gasteiger partial charge in [0.1, 0.15) is 11.8 Å². The molecule has 0 radical (unpaired) electrons. The fourth-order valence-electron chi connectivity index (χ4n) is 5.18.